The monoisotopic (exact) mass is 362 g/mol. The van der Waals surface area contributed by atoms with Crippen LogP contribution in [0.15, 0.2) is 12.2 Å². The summed E-state index contributed by atoms with van der Waals surface area (Å²) in [6.45, 7) is 8.08. The van der Waals surface area contributed by atoms with Gasteiger partial charge in [0.15, 0.2) is 12.1 Å². The number of carbonyl (C=O) groups excluding carboxylic acids is 2. The van der Waals surface area contributed by atoms with Gasteiger partial charge in [-0.1, -0.05) is 20.4 Å². The molecule has 8 atom stereocenters. The average Bonchev–Trinajstić information content (AvgIpc) is 3.03. The molecule has 26 heavy (non-hydrogen) atoms. The molecule has 0 aromatic rings. The highest BCUT2D eigenvalue weighted by atomic mass is 16.6. The second-order valence-corrected chi connectivity index (χ2v) is 9.62. The molecule has 0 amide bonds. The normalized spacial score (nSPS) is 54.4. The third kappa shape index (κ3) is 1.57. The van der Waals surface area contributed by atoms with Gasteiger partial charge in [0.1, 0.15) is 11.5 Å². The van der Waals surface area contributed by atoms with Crippen LogP contribution < -0.4 is 0 Å². The molecule has 6 heteroatoms. The van der Waals surface area contributed by atoms with Crippen LogP contribution in [0, 0.1) is 34.0 Å². The van der Waals surface area contributed by atoms with Gasteiger partial charge in [-0.05, 0) is 42.1 Å². The summed E-state index contributed by atoms with van der Waals surface area (Å²) in [6, 6.07) is 0. The first-order chi connectivity index (χ1) is 12.2. The van der Waals surface area contributed by atoms with Crippen molar-refractivity contribution in [3.05, 3.63) is 12.2 Å². The number of carbonyl (C=O) groups is 2. The fourth-order valence-corrected chi connectivity index (χ4v) is 7.21. The van der Waals surface area contributed by atoms with E-state index in [0.29, 0.717) is 18.4 Å². The van der Waals surface area contributed by atoms with E-state index in [1.165, 1.54) is 0 Å². The van der Waals surface area contributed by atoms with Gasteiger partial charge in [0.2, 0.25) is 0 Å². The smallest absolute Gasteiger partial charge is 0.320 e. The zero-order valence-electron chi connectivity index (χ0n) is 15.2. The van der Waals surface area contributed by atoms with E-state index in [4.69, 9.17) is 9.47 Å². The Morgan fingerprint density at radius 2 is 1.92 bits per heavy atom. The highest BCUT2D eigenvalue weighted by molar-refractivity contribution is 6.15. The van der Waals surface area contributed by atoms with E-state index < -0.39 is 46.6 Å². The first-order valence-corrected chi connectivity index (χ1v) is 9.59. The quantitative estimate of drug-likeness (QED) is 0.382. The van der Waals surface area contributed by atoms with E-state index in [1.807, 2.05) is 13.8 Å². The number of ketones is 1. The Morgan fingerprint density at radius 3 is 2.65 bits per heavy atom. The van der Waals surface area contributed by atoms with Crippen LogP contribution in [0.3, 0.4) is 0 Å². The van der Waals surface area contributed by atoms with Crippen LogP contribution in [-0.4, -0.2) is 47.1 Å². The van der Waals surface area contributed by atoms with Gasteiger partial charge in [-0.15, -0.1) is 0 Å². The number of aliphatic hydroxyl groups is 2. The summed E-state index contributed by atoms with van der Waals surface area (Å²) < 4.78 is 11.6. The molecule has 3 aliphatic carbocycles. The largest absolute Gasteiger partial charge is 0.461 e. The van der Waals surface area contributed by atoms with Crippen molar-refractivity contribution in [2.45, 2.75) is 58.0 Å². The summed E-state index contributed by atoms with van der Waals surface area (Å²) >= 11 is 0. The molecular weight excluding hydrogens is 336 g/mol. The van der Waals surface area contributed by atoms with E-state index in [0.717, 1.165) is 12.8 Å². The Bertz CT molecular complexity index is 728. The number of hydrogen-bond acceptors (Lipinski definition) is 6. The minimum atomic E-state index is -1.18. The van der Waals surface area contributed by atoms with E-state index >= 15 is 0 Å². The predicted molar refractivity (Wildman–Crippen MR) is 89.6 cm³/mol. The molecule has 0 aromatic carbocycles. The van der Waals surface area contributed by atoms with Gasteiger partial charge in [0.25, 0.3) is 0 Å². The van der Waals surface area contributed by atoms with Gasteiger partial charge in [-0.2, -0.15) is 0 Å². The van der Waals surface area contributed by atoms with Crippen LogP contribution in [-0.2, 0) is 19.1 Å². The molecule has 0 aromatic heterocycles. The lowest BCUT2D eigenvalue weighted by atomic mass is 9.43. The summed E-state index contributed by atoms with van der Waals surface area (Å²) in [5.74, 6) is -1.22. The lowest BCUT2D eigenvalue weighted by molar-refractivity contribution is -0.253. The van der Waals surface area contributed by atoms with Crippen LogP contribution >= 0.6 is 0 Å². The number of hydrogen-bond donors (Lipinski definition) is 2. The summed E-state index contributed by atoms with van der Waals surface area (Å²) in [5, 5.41) is 21.4. The molecule has 2 N–H and O–H groups in total. The number of allylic oxidation sites excluding steroid dienone is 1. The van der Waals surface area contributed by atoms with Crippen molar-refractivity contribution in [2.75, 3.05) is 6.61 Å². The molecule has 2 heterocycles. The second kappa shape index (κ2) is 4.78. The molecule has 5 aliphatic rings. The maximum atomic E-state index is 13.2. The van der Waals surface area contributed by atoms with Crippen molar-refractivity contribution in [3.63, 3.8) is 0 Å². The highest BCUT2D eigenvalue weighted by Crippen LogP contribution is 2.71. The number of esters is 1. The first kappa shape index (κ1) is 16.9. The molecule has 2 spiro atoms. The second-order valence-electron chi connectivity index (χ2n) is 9.62. The molecule has 2 saturated heterocycles. The number of rotatable bonds is 0. The lowest BCUT2D eigenvalue weighted by Gasteiger charge is -2.62. The van der Waals surface area contributed by atoms with Crippen molar-refractivity contribution in [1.82, 2.24) is 0 Å². The fourth-order valence-electron chi connectivity index (χ4n) is 7.21. The Balaban J connectivity index is 1.72. The maximum Gasteiger partial charge on any atom is 0.320 e. The Hall–Kier alpha value is -1.24. The minimum absolute atomic E-state index is 0.0483. The molecule has 2 aliphatic heterocycles. The molecule has 2 bridgehead atoms. The summed E-state index contributed by atoms with van der Waals surface area (Å²) in [4.78, 5) is 26.3. The van der Waals surface area contributed by atoms with Crippen molar-refractivity contribution in [1.29, 1.82) is 0 Å². The first-order valence-electron chi connectivity index (χ1n) is 9.59. The van der Waals surface area contributed by atoms with Crippen LogP contribution in [0.25, 0.3) is 0 Å². The molecule has 6 nitrogen and oxygen atoms in total. The average molecular weight is 362 g/mol. The van der Waals surface area contributed by atoms with E-state index in [1.54, 1.807) is 0 Å². The SMILES string of the molecule is C=C1C(=O)[C@]23C[C@@H]1CC[C@H]2[C@@]12CO[C@@H](O)[C@@H]1C(C)(C)[C@@H](O)C[C@@H]2OC3=O. The fraction of sp³-hybridized carbons (Fsp3) is 0.800. The van der Waals surface area contributed by atoms with Gasteiger partial charge in [-0.3, -0.25) is 9.59 Å². The molecule has 142 valence electrons. The van der Waals surface area contributed by atoms with E-state index in [9.17, 15) is 19.8 Å². The Morgan fingerprint density at radius 1 is 1.19 bits per heavy atom. The van der Waals surface area contributed by atoms with Gasteiger partial charge >= 0.3 is 5.97 Å². The number of ether oxygens (including phenoxy) is 2. The van der Waals surface area contributed by atoms with Crippen LogP contribution in [0.1, 0.15) is 39.5 Å². The van der Waals surface area contributed by atoms with Crippen molar-refractivity contribution >= 4 is 11.8 Å². The molecule has 0 unspecified atom stereocenters. The molecule has 0 radical (unpaired) electrons. The summed E-state index contributed by atoms with van der Waals surface area (Å²) in [6.07, 6.45) is 0.0482. The van der Waals surface area contributed by atoms with Crippen molar-refractivity contribution < 1.29 is 29.3 Å². The van der Waals surface area contributed by atoms with Crippen LogP contribution in [0.2, 0.25) is 0 Å². The van der Waals surface area contributed by atoms with Crippen molar-refractivity contribution in [3.8, 4) is 0 Å². The minimum Gasteiger partial charge on any atom is -0.461 e. The molecule has 5 fully saturated rings. The number of aliphatic hydroxyl groups excluding tert-OH is 2. The van der Waals surface area contributed by atoms with Crippen LogP contribution in [0.5, 0.6) is 0 Å². The number of Topliss-reactive ketones (excluding diaryl/α,β-unsaturated/α-hetero) is 1. The third-order valence-corrected chi connectivity index (χ3v) is 8.48. The van der Waals surface area contributed by atoms with Gasteiger partial charge < -0.3 is 19.7 Å². The third-order valence-electron chi connectivity index (χ3n) is 8.48. The van der Waals surface area contributed by atoms with Gasteiger partial charge in [-0.25, -0.2) is 0 Å². The van der Waals surface area contributed by atoms with Crippen molar-refractivity contribution in [2.24, 2.45) is 34.0 Å². The topological polar surface area (TPSA) is 93.1 Å². The van der Waals surface area contributed by atoms with Gasteiger partial charge in [0.05, 0.1) is 12.7 Å². The van der Waals surface area contributed by atoms with E-state index in [-0.39, 0.29) is 24.2 Å². The number of fused-ring (bicyclic) bond motifs is 1. The zero-order chi connectivity index (χ0) is 18.6. The Labute approximate surface area is 152 Å². The molecule has 3 saturated carbocycles. The zero-order valence-corrected chi connectivity index (χ0v) is 15.2. The van der Waals surface area contributed by atoms with E-state index in [2.05, 4.69) is 6.58 Å². The maximum absolute atomic E-state index is 13.2. The standard InChI is InChI=1S/C20H26O6/c1-9-10-4-5-11-19(7-10,15(9)22)17(24)26-13-6-12(21)18(2,3)14-16(23)25-8-20(11,13)14/h10-14,16,21,23H,1,4-8H2,2-3H3/t10-,11+,12-,13-,14+,16+,19-,20+/m0/s1. The summed E-state index contributed by atoms with van der Waals surface area (Å²) in [5.41, 5.74) is -1.88. The van der Waals surface area contributed by atoms with Crippen LogP contribution in [0.4, 0.5) is 0 Å². The summed E-state index contributed by atoms with van der Waals surface area (Å²) in [7, 11) is 0. The predicted octanol–water partition coefficient (Wildman–Crippen LogP) is 1.20. The molecular formula is C20H26O6. The highest BCUT2D eigenvalue weighted by Gasteiger charge is 2.78. The Kier molecular flexibility index (Phi) is 3.10. The lowest BCUT2D eigenvalue weighted by Crippen LogP contribution is -2.70. The molecule has 5 rings (SSSR count). The van der Waals surface area contributed by atoms with Gasteiger partial charge in [0, 0.05) is 17.8 Å².